The Morgan fingerprint density at radius 3 is 2.82 bits per heavy atom. The standard InChI is InChI=1S/C10H20O/c1-3-10(2)6-4-5-9(7-10)8-11/h9,11H,3-8H2,1-2H3. The summed E-state index contributed by atoms with van der Waals surface area (Å²) < 4.78 is 0. The maximum Gasteiger partial charge on any atom is 0.0459 e. The van der Waals surface area contributed by atoms with Gasteiger partial charge in [-0.05, 0) is 30.6 Å². The van der Waals surface area contributed by atoms with Crippen LogP contribution < -0.4 is 0 Å². The molecule has 1 rings (SSSR count). The molecule has 1 saturated carbocycles. The van der Waals surface area contributed by atoms with Crippen molar-refractivity contribution in [2.75, 3.05) is 6.61 Å². The topological polar surface area (TPSA) is 20.2 Å². The van der Waals surface area contributed by atoms with Gasteiger partial charge in [-0.15, -0.1) is 0 Å². The summed E-state index contributed by atoms with van der Waals surface area (Å²) in [6.45, 7) is 5.02. The highest BCUT2D eigenvalue weighted by atomic mass is 16.3. The van der Waals surface area contributed by atoms with Gasteiger partial charge in [-0.25, -0.2) is 0 Å². The van der Waals surface area contributed by atoms with E-state index in [1.54, 1.807) is 0 Å². The van der Waals surface area contributed by atoms with Gasteiger partial charge in [0.1, 0.15) is 0 Å². The van der Waals surface area contributed by atoms with Gasteiger partial charge in [0, 0.05) is 6.61 Å². The van der Waals surface area contributed by atoms with Crippen LogP contribution in [0.5, 0.6) is 0 Å². The molecule has 1 heteroatoms. The van der Waals surface area contributed by atoms with Crippen molar-refractivity contribution >= 4 is 0 Å². The van der Waals surface area contributed by atoms with E-state index in [0.717, 1.165) is 0 Å². The van der Waals surface area contributed by atoms with Crippen LogP contribution in [0.3, 0.4) is 0 Å². The van der Waals surface area contributed by atoms with E-state index in [1.807, 2.05) is 0 Å². The molecule has 0 aromatic rings. The van der Waals surface area contributed by atoms with Crippen LogP contribution in [0.4, 0.5) is 0 Å². The van der Waals surface area contributed by atoms with E-state index in [9.17, 15) is 0 Å². The molecule has 2 unspecified atom stereocenters. The van der Waals surface area contributed by atoms with E-state index in [1.165, 1.54) is 32.1 Å². The minimum atomic E-state index is 0.398. The third-order valence-corrected chi connectivity index (χ3v) is 3.29. The fourth-order valence-electron chi connectivity index (χ4n) is 2.20. The molecule has 0 radical (unpaired) electrons. The fraction of sp³-hybridized carbons (Fsp3) is 1.00. The van der Waals surface area contributed by atoms with E-state index in [4.69, 9.17) is 5.11 Å². The molecule has 0 aromatic heterocycles. The van der Waals surface area contributed by atoms with Crippen LogP contribution >= 0.6 is 0 Å². The van der Waals surface area contributed by atoms with Crippen LogP contribution in [0.1, 0.15) is 46.0 Å². The van der Waals surface area contributed by atoms with E-state index in [0.29, 0.717) is 17.9 Å². The zero-order valence-electron chi connectivity index (χ0n) is 7.77. The lowest BCUT2D eigenvalue weighted by Gasteiger charge is -2.36. The van der Waals surface area contributed by atoms with Crippen molar-refractivity contribution in [1.82, 2.24) is 0 Å². The Balaban J connectivity index is 2.44. The quantitative estimate of drug-likeness (QED) is 0.651. The second-order valence-electron chi connectivity index (χ2n) is 4.31. The molecule has 1 aliphatic carbocycles. The Kier molecular flexibility index (Phi) is 2.94. The molecule has 1 fully saturated rings. The zero-order chi connectivity index (χ0) is 8.32. The maximum atomic E-state index is 9.02. The molecular weight excluding hydrogens is 136 g/mol. The van der Waals surface area contributed by atoms with Gasteiger partial charge < -0.3 is 5.11 Å². The first-order valence-corrected chi connectivity index (χ1v) is 4.81. The fourth-order valence-corrected chi connectivity index (χ4v) is 2.20. The second kappa shape index (κ2) is 3.57. The summed E-state index contributed by atoms with van der Waals surface area (Å²) in [7, 11) is 0. The van der Waals surface area contributed by atoms with Gasteiger partial charge in [0.05, 0.1) is 0 Å². The zero-order valence-corrected chi connectivity index (χ0v) is 7.77. The first-order chi connectivity index (χ1) is 5.20. The van der Waals surface area contributed by atoms with E-state index in [-0.39, 0.29) is 0 Å². The van der Waals surface area contributed by atoms with Crippen molar-refractivity contribution < 1.29 is 5.11 Å². The van der Waals surface area contributed by atoms with Crippen LogP contribution in [-0.4, -0.2) is 11.7 Å². The van der Waals surface area contributed by atoms with Crippen LogP contribution in [-0.2, 0) is 0 Å². The summed E-state index contributed by atoms with van der Waals surface area (Å²) in [6, 6.07) is 0. The second-order valence-corrected chi connectivity index (χ2v) is 4.31. The third kappa shape index (κ3) is 2.19. The Bertz CT molecular complexity index is 122. The predicted molar refractivity (Wildman–Crippen MR) is 47.4 cm³/mol. The van der Waals surface area contributed by atoms with Crippen molar-refractivity contribution in [3.8, 4) is 0 Å². The minimum Gasteiger partial charge on any atom is -0.396 e. The Morgan fingerprint density at radius 2 is 2.27 bits per heavy atom. The van der Waals surface area contributed by atoms with Crippen LogP contribution in [0.25, 0.3) is 0 Å². The molecule has 2 atom stereocenters. The van der Waals surface area contributed by atoms with Crippen molar-refractivity contribution in [1.29, 1.82) is 0 Å². The average molecular weight is 156 g/mol. The normalized spacial score (nSPS) is 39.0. The molecule has 0 aromatic carbocycles. The van der Waals surface area contributed by atoms with E-state index >= 15 is 0 Å². The number of aliphatic hydroxyl groups excluding tert-OH is 1. The van der Waals surface area contributed by atoms with Gasteiger partial charge in [0.25, 0.3) is 0 Å². The van der Waals surface area contributed by atoms with Crippen LogP contribution in [0.2, 0.25) is 0 Å². The number of rotatable bonds is 2. The van der Waals surface area contributed by atoms with Gasteiger partial charge in [-0.3, -0.25) is 0 Å². The molecule has 1 nitrogen and oxygen atoms in total. The lowest BCUT2D eigenvalue weighted by molar-refractivity contribution is 0.103. The summed E-state index contributed by atoms with van der Waals surface area (Å²) in [4.78, 5) is 0. The van der Waals surface area contributed by atoms with Crippen molar-refractivity contribution in [2.45, 2.75) is 46.0 Å². The molecule has 0 bridgehead atoms. The lowest BCUT2D eigenvalue weighted by atomic mass is 9.70. The molecule has 11 heavy (non-hydrogen) atoms. The van der Waals surface area contributed by atoms with E-state index < -0.39 is 0 Å². The average Bonchev–Trinajstić information content (AvgIpc) is 2.05. The smallest absolute Gasteiger partial charge is 0.0459 e. The summed E-state index contributed by atoms with van der Waals surface area (Å²) in [5, 5.41) is 9.02. The Morgan fingerprint density at radius 1 is 1.55 bits per heavy atom. The molecule has 0 aliphatic heterocycles. The Labute approximate surface area is 69.8 Å². The van der Waals surface area contributed by atoms with Crippen molar-refractivity contribution in [3.05, 3.63) is 0 Å². The summed E-state index contributed by atoms with van der Waals surface area (Å²) >= 11 is 0. The monoisotopic (exact) mass is 156 g/mol. The summed E-state index contributed by atoms with van der Waals surface area (Å²) in [6.07, 6.45) is 6.42. The molecular formula is C10H20O. The summed E-state index contributed by atoms with van der Waals surface area (Å²) in [5.74, 6) is 0.591. The first-order valence-electron chi connectivity index (χ1n) is 4.81. The maximum absolute atomic E-state index is 9.02. The molecule has 0 amide bonds. The van der Waals surface area contributed by atoms with Crippen molar-refractivity contribution in [2.24, 2.45) is 11.3 Å². The SMILES string of the molecule is CCC1(C)CCCC(CO)C1. The van der Waals surface area contributed by atoms with E-state index in [2.05, 4.69) is 13.8 Å². The molecule has 1 aliphatic rings. The van der Waals surface area contributed by atoms with Gasteiger partial charge in [0.15, 0.2) is 0 Å². The van der Waals surface area contributed by atoms with Gasteiger partial charge in [-0.1, -0.05) is 26.7 Å². The highest BCUT2D eigenvalue weighted by Crippen LogP contribution is 2.41. The lowest BCUT2D eigenvalue weighted by Crippen LogP contribution is -2.26. The molecule has 0 saturated heterocycles. The highest BCUT2D eigenvalue weighted by molar-refractivity contribution is 4.81. The van der Waals surface area contributed by atoms with Gasteiger partial charge in [-0.2, -0.15) is 0 Å². The molecule has 0 spiro atoms. The van der Waals surface area contributed by atoms with Crippen LogP contribution in [0.15, 0.2) is 0 Å². The van der Waals surface area contributed by atoms with Gasteiger partial charge in [0.2, 0.25) is 0 Å². The summed E-state index contributed by atoms with van der Waals surface area (Å²) in [5.41, 5.74) is 0.533. The largest absolute Gasteiger partial charge is 0.396 e. The minimum absolute atomic E-state index is 0.398. The molecule has 66 valence electrons. The number of hydrogen-bond donors (Lipinski definition) is 1. The first kappa shape index (κ1) is 9.05. The molecule has 1 N–H and O–H groups in total. The molecule has 0 heterocycles. The number of hydrogen-bond acceptors (Lipinski definition) is 1. The third-order valence-electron chi connectivity index (χ3n) is 3.29. The Hall–Kier alpha value is -0.0400. The number of aliphatic hydroxyl groups is 1. The van der Waals surface area contributed by atoms with Crippen molar-refractivity contribution in [3.63, 3.8) is 0 Å². The predicted octanol–water partition coefficient (Wildman–Crippen LogP) is 2.59. The van der Waals surface area contributed by atoms with Gasteiger partial charge >= 0.3 is 0 Å². The highest BCUT2D eigenvalue weighted by Gasteiger charge is 2.29. The van der Waals surface area contributed by atoms with Crippen LogP contribution in [0, 0.1) is 11.3 Å².